The van der Waals surface area contributed by atoms with Crippen molar-refractivity contribution in [2.24, 2.45) is 0 Å². The average Bonchev–Trinajstić information content (AvgIpc) is 3.37. The highest BCUT2D eigenvalue weighted by atomic mass is 32.2. The molecular weight excluding hydrogens is 426 g/mol. The summed E-state index contributed by atoms with van der Waals surface area (Å²) in [7, 11) is -3.78. The van der Waals surface area contributed by atoms with Crippen molar-refractivity contribution in [2.45, 2.75) is 51.2 Å². The number of nitrogens with zero attached hydrogens (tertiary/aromatic N) is 3. The first-order valence-electron chi connectivity index (χ1n) is 9.71. The zero-order valence-electron chi connectivity index (χ0n) is 17.2. The van der Waals surface area contributed by atoms with E-state index in [1.807, 2.05) is 13.8 Å². The van der Waals surface area contributed by atoms with Crippen molar-refractivity contribution in [3.63, 3.8) is 0 Å². The minimum absolute atomic E-state index is 0.0697. The van der Waals surface area contributed by atoms with Crippen molar-refractivity contribution < 1.29 is 22.7 Å². The summed E-state index contributed by atoms with van der Waals surface area (Å²) in [5, 5.41) is 2.27. The van der Waals surface area contributed by atoms with Crippen molar-refractivity contribution in [1.82, 2.24) is 9.29 Å². The van der Waals surface area contributed by atoms with Crippen molar-refractivity contribution in [1.29, 1.82) is 0 Å². The molecule has 0 N–H and O–H groups in total. The Labute approximate surface area is 180 Å². The molecule has 0 aliphatic carbocycles. The molecular formula is C20H25N3O5S2. The summed E-state index contributed by atoms with van der Waals surface area (Å²) < 4.78 is 32.6. The molecule has 1 unspecified atom stereocenters. The molecule has 1 amide bonds. The van der Waals surface area contributed by atoms with Crippen LogP contribution in [0.25, 0.3) is 0 Å². The minimum atomic E-state index is -3.78. The molecule has 162 valence electrons. The van der Waals surface area contributed by atoms with Gasteiger partial charge in [0.05, 0.1) is 10.6 Å². The lowest BCUT2D eigenvalue weighted by Crippen LogP contribution is -2.41. The summed E-state index contributed by atoms with van der Waals surface area (Å²) in [6.07, 6.45) is 1.01. The zero-order chi connectivity index (χ0) is 21.9. The van der Waals surface area contributed by atoms with E-state index < -0.39 is 22.0 Å². The molecule has 1 atom stereocenters. The van der Waals surface area contributed by atoms with E-state index in [2.05, 4.69) is 4.98 Å². The van der Waals surface area contributed by atoms with Gasteiger partial charge in [0.1, 0.15) is 12.6 Å². The molecule has 1 aromatic carbocycles. The summed E-state index contributed by atoms with van der Waals surface area (Å²) in [6.45, 7) is 5.91. The van der Waals surface area contributed by atoms with E-state index in [0.717, 1.165) is 5.56 Å². The second-order valence-electron chi connectivity index (χ2n) is 7.08. The summed E-state index contributed by atoms with van der Waals surface area (Å²) in [6, 6.07) is 5.72. The summed E-state index contributed by atoms with van der Waals surface area (Å²) >= 11 is 1.29. The van der Waals surface area contributed by atoms with Crippen molar-refractivity contribution in [3.8, 4) is 0 Å². The van der Waals surface area contributed by atoms with Crippen molar-refractivity contribution in [2.75, 3.05) is 18.0 Å². The fourth-order valence-electron chi connectivity index (χ4n) is 3.33. The van der Waals surface area contributed by atoms with E-state index >= 15 is 0 Å². The SMILES string of the molecule is CCN(C(C)=O)c1nc(COC(=O)C2CCCN2S(=O)(=O)c2ccc(C)cc2)cs1. The zero-order valence-corrected chi connectivity index (χ0v) is 18.8. The maximum absolute atomic E-state index is 13.0. The molecule has 1 saturated heterocycles. The Morgan fingerprint density at radius 1 is 1.30 bits per heavy atom. The van der Waals surface area contributed by atoms with Gasteiger partial charge in [-0.1, -0.05) is 17.7 Å². The number of hydrogen-bond donors (Lipinski definition) is 0. The van der Waals surface area contributed by atoms with Gasteiger partial charge in [0.25, 0.3) is 0 Å². The fourth-order valence-corrected chi connectivity index (χ4v) is 5.89. The Hall–Kier alpha value is -2.30. The number of thiazole rings is 1. The predicted molar refractivity (Wildman–Crippen MR) is 114 cm³/mol. The molecule has 2 heterocycles. The molecule has 3 rings (SSSR count). The number of rotatable bonds is 7. The Morgan fingerprint density at radius 3 is 2.63 bits per heavy atom. The number of benzene rings is 1. The van der Waals surface area contributed by atoms with Gasteiger partial charge >= 0.3 is 5.97 Å². The van der Waals surface area contributed by atoms with Gasteiger partial charge in [0, 0.05) is 25.4 Å². The number of aryl methyl sites for hydroxylation is 1. The van der Waals surface area contributed by atoms with E-state index in [1.165, 1.54) is 27.5 Å². The van der Waals surface area contributed by atoms with Gasteiger partial charge in [0.15, 0.2) is 5.13 Å². The first kappa shape index (κ1) is 22.4. The first-order valence-corrected chi connectivity index (χ1v) is 12.0. The van der Waals surface area contributed by atoms with Crippen LogP contribution >= 0.6 is 11.3 Å². The molecule has 0 radical (unpaired) electrons. The van der Waals surface area contributed by atoms with Crippen LogP contribution in [0.5, 0.6) is 0 Å². The number of aromatic nitrogens is 1. The normalized spacial score (nSPS) is 17.1. The predicted octanol–water partition coefficient (Wildman–Crippen LogP) is 2.72. The number of anilines is 1. The van der Waals surface area contributed by atoms with E-state index in [0.29, 0.717) is 30.2 Å². The van der Waals surface area contributed by atoms with Gasteiger partial charge in [-0.15, -0.1) is 11.3 Å². The molecule has 30 heavy (non-hydrogen) atoms. The van der Waals surface area contributed by atoms with Gasteiger partial charge in [-0.2, -0.15) is 4.31 Å². The van der Waals surface area contributed by atoms with Crippen LogP contribution in [0.1, 0.15) is 37.9 Å². The summed E-state index contributed by atoms with van der Waals surface area (Å²) in [5.41, 5.74) is 1.48. The lowest BCUT2D eigenvalue weighted by atomic mass is 10.2. The highest BCUT2D eigenvalue weighted by Crippen LogP contribution is 2.28. The molecule has 1 aliphatic heterocycles. The highest BCUT2D eigenvalue weighted by molar-refractivity contribution is 7.89. The van der Waals surface area contributed by atoms with Gasteiger partial charge in [0.2, 0.25) is 15.9 Å². The van der Waals surface area contributed by atoms with Crippen LogP contribution in [0.2, 0.25) is 0 Å². The van der Waals surface area contributed by atoms with Gasteiger partial charge < -0.3 is 4.74 Å². The number of hydrogen-bond acceptors (Lipinski definition) is 7. The van der Waals surface area contributed by atoms with Crippen LogP contribution in [0.3, 0.4) is 0 Å². The topological polar surface area (TPSA) is 96.9 Å². The monoisotopic (exact) mass is 451 g/mol. The van der Waals surface area contributed by atoms with Gasteiger partial charge in [-0.3, -0.25) is 14.5 Å². The third-order valence-corrected chi connectivity index (χ3v) is 7.77. The molecule has 8 nitrogen and oxygen atoms in total. The van der Waals surface area contributed by atoms with Crippen LogP contribution in [-0.4, -0.2) is 48.7 Å². The van der Waals surface area contributed by atoms with Crippen LogP contribution in [0, 0.1) is 6.92 Å². The number of ether oxygens (including phenoxy) is 1. The number of carbonyl (C=O) groups is 2. The Kier molecular flexibility index (Phi) is 6.89. The first-order chi connectivity index (χ1) is 14.2. The third-order valence-electron chi connectivity index (χ3n) is 4.93. The fraction of sp³-hybridized carbons (Fsp3) is 0.450. The average molecular weight is 452 g/mol. The molecule has 0 spiro atoms. The quantitative estimate of drug-likeness (QED) is 0.601. The molecule has 10 heteroatoms. The highest BCUT2D eigenvalue weighted by Gasteiger charge is 2.40. The summed E-state index contributed by atoms with van der Waals surface area (Å²) in [4.78, 5) is 30.3. The van der Waals surface area contributed by atoms with E-state index in [1.54, 1.807) is 29.6 Å². The van der Waals surface area contributed by atoms with E-state index in [4.69, 9.17) is 4.74 Å². The third kappa shape index (κ3) is 4.71. The van der Waals surface area contributed by atoms with Crippen LogP contribution in [0.15, 0.2) is 34.5 Å². The van der Waals surface area contributed by atoms with Crippen LogP contribution < -0.4 is 4.90 Å². The maximum atomic E-state index is 13.0. The molecule has 2 aromatic rings. The number of sulfonamides is 1. The minimum Gasteiger partial charge on any atom is -0.458 e. The summed E-state index contributed by atoms with van der Waals surface area (Å²) in [5.74, 6) is -0.699. The molecule has 0 saturated carbocycles. The Balaban J connectivity index is 1.67. The lowest BCUT2D eigenvalue weighted by molar-refractivity contribution is -0.148. The van der Waals surface area contributed by atoms with E-state index in [-0.39, 0.29) is 24.0 Å². The van der Waals surface area contributed by atoms with Crippen LogP contribution in [-0.2, 0) is 31.0 Å². The molecule has 0 bridgehead atoms. The maximum Gasteiger partial charge on any atom is 0.324 e. The number of carbonyl (C=O) groups excluding carboxylic acids is 2. The van der Waals surface area contributed by atoms with E-state index in [9.17, 15) is 18.0 Å². The van der Waals surface area contributed by atoms with Crippen LogP contribution in [0.4, 0.5) is 5.13 Å². The smallest absolute Gasteiger partial charge is 0.324 e. The molecule has 1 fully saturated rings. The largest absolute Gasteiger partial charge is 0.458 e. The second-order valence-corrected chi connectivity index (χ2v) is 9.81. The Morgan fingerprint density at radius 2 is 2.00 bits per heavy atom. The second kappa shape index (κ2) is 9.23. The molecule has 1 aromatic heterocycles. The van der Waals surface area contributed by atoms with Gasteiger partial charge in [-0.05, 0) is 38.8 Å². The number of esters is 1. The van der Waals surface area contributed by atoms with Crippen molar-refractivity contribution in [3.05, 3.63) is 40.9 Å². The standard InChI is InChI=1S/C20H25N3O5S2/c1-4-22(15(3)24)20-21-16(13-29-20)12-28-19(25)18-6-5-11-23(18)30(26,27)17-9-7-14(2)8-10-17/h7-10,13,18H,4-6,11-12H2,1-3H3. The van der Waals surface area contributed by atoms with Gasteiger partial charge in [-0.25, -0.2) is 13.4 Å². The lowest BCUT2D eigenvalue weighted by Gasteiger charge is -2.22. The molecule has 1 aliphatic rings. The van der Waals surface area contributed by atoms with Crippen molar-refractivity contribution >= 4 is 38.4 Å². The Bertz CT molecular complexity index is 1020. The number of amides is 1.